The van der Waals surface area contributed by atoms with Crippen LogP contribution in [0.5, 0.6) is 0 Å². The highest BCUT2D eigenvalue weighted by molar-refractivity contribution is 5.96. The second-order valence-electron chi connectivity index (χ2n) is 7.04. The van der Waals surface area contributed by atoms with E-state index in [2.05, 4.69) is 41.4 Å². The molecule has 1 N–H and O–H groups in total. The van der Waals surface area contributed by atoms with Gasteiger partial charge in [-0.3, -0.25) is 4.79 Å². The summed E-state index contributed by atoms with van der Waals surface area (Å²) < 4.78 is 0. The van der Waals surface area contributed by atoms with E-state index in [-0.39, 0.29) is 5.91 Å². The summed E-state index contributed by atoms with van der Waals surface area (Å²) in [4.78, 5) is 16.8. The Morgan fingerprint density at radius 3 is 2.35 bits per heavy atom. The second-order valence-corrected chi connectivity index (χ2v) is 7.04. The van der Waals surface area contributed by atoms with Gasteiger partial charge in [0.25, 0.3) is 0 Å². The first-order valence-electron chi connectivity index (χ1n) is 9.61. The number of benzene rings is 2. The lowest BCUT2D eigenvalue weighted by molar-refractivity contribution is -0.116. The number of likely N-dealkylation sites (N-methyl/N-ethyl adjacent to an activating group) is 1. The number of nitrogens with zero attached hydrogens (tertiary/aromatic N) is 2. The number of amides is 1. The molecule has 0 bridgehead atoms. The minimum absolute atomic E-state index is 0.0767. The summed E-state index contributed by atoms with van der Waals surface area (Å²) in [6.07, 6.45) is 2.53. The molecule has 0 unspecified atom stereocenters. The molecule has 0 aliphatic carbocycles. The maximum atomic E-state index is 12.5. The number of hydrogen-bond donors (Lipinski definition) is 1. The summed E-state index contributed by atoms with van der Waals surface area (Å²) in [5.41, 5.74) is 3.20. The summed E-state index contributed by atoms with van der Waals surface area (Å²) in [5, 5.41) is 3.26. The predicted octanol–water partition coefficient (Wildman–Crippen LogP) is 4.39. The van der Waals surface area contributed by atoms with E-state index < -0.39 is 0 Å². The maximum absolute atomic E-state index is 12.5. The van der Waals surface area contributed by atoms with Gasteiger partial charge in [-0.2, -0.15) is 0 Å². The van der Waals surface area contributed by atoms with Crippen LogP contribution in [0.25, 0.3) is 0 Å². The van der Waals surface area contributed by atoms with Crippen LogP contribution >= 0.6 is 0 Å². The van der Waals surface area contributed by atoms with Gasteiger partial charge in [0.15, 0.2) is 0 Å². The van der Waals surface area contributed by atoms with Gasteiger partial charge in [-0.25, -0.2) is 0 Å². The molecule has 0 saturated carbocycles. The number of nitrogens with one attached hydrogen (secondary N) is 1. The van der Waals surface area contributed by atoms with E-state index in [0.29, 0.717) is 13.1 Å². The van der Waals surface area contributed by atoms with Gasteiger partial charge in [0, 0.05) is 36.7 Å². The van der Waals surface area contributed by atoms with Gasteiger partial charge < -0.3 is 15.1 Å². The fraction of sp³-hybridized carbons (Fsp3) is 0.409. The molecule has 1 heterocycles. The Balaban J connectivity index is 1.55. The van der Waals surface area contributed by atoms with E-state index in [1.54, 1.807) is 4.90 Å². The van der Waals surface area contributed by atoms with Crippen molar-refractivity contribution in [2.45, 2.75) is 26.7 Å². The van der Waals surface area contributed by atoms with Crippen LogP contribution in [0.15, 0.2) is 54.6 Å². The van der Waals surface area contributed by atoms with Crippen LogP contribution in [-0.2, 0) is 4.79 Å². The van der Waals surface area contributed by atoms with Crippen LogP contribution in [-0.4, -0.2) is 32.1 Å². The zero-order valence-corrected chi connectivity index (χ0v) is 15.8. The molecule has 0 aromatic heterocycles. The second kappa shape index (κ2) is 8.75. The van der Waals surface area contributed by atoms with Crippen molar-refractivity contribution in [1.29, 1.82) is 0 Å². The number of piperidine rings is 1. The average molecular weight is 351 g/mol. The number of anilines is 3. The van der Waals surface area contributed by atoms with E-state index in [9.17, 15) is 4.79 Å². The van der Waals surface area contributed by atoms with Crippen molar-refractivity contribution in [2.75, 3.05) is 41.3 Å². The molecule has 1 aliphatic rings. The highest BCUT2D eigenvalue weighted by Gasteiger charge is 2.16. The monoisotopic (exact) mass is 351 g/mol. The van der Waals surface area contributed by atoms with Gasteiger partial charge in [-0.05, 0) is 62.1 Å². The average Bonchev–Trinajstić information content (AvgIpc) is 2.69. The molecule has 2 aromatic rings. The zero-order chi connectivity index (χ0) is 18.4. The smallest absolute Gasteiger partial charge is 0.246 e. The summed E-state index contributed by atoms with van der Waals surface area (Å²) in [5.74, 6) is 0.914. The molecule has 1 aliphatic heterocycles. The van der Waals surface area contributed by atoms with Crippen molar-refractivity contribution in [1.82, 2.24) is 0 Å². The summed E-state index contributed by atoms with van der Waals surface area (Å²) in [6, 6.07) is 18.3. The van der Waals surface area contributed by atoms with E-state index in [1.165, 1.54) is 18.5 Å². The molecule has 1 amide bonds. The van der Waals surface area contributed by atoms with E-state index in [1.807, 2.05) is 37.3 Å². The Morgan fingerprint density at radius 2 is 1.73 bits per heavy atom. The summed E-state index contributed by atoms with van der Waals surface area (Å²) in [7, 11) is 0. The molecule has 1 saturated heterocycles. The van der Waals surface area contributed by atoms with Gasteiger partial charge in [0.05, 0.1) is 6.54 Å². The summed E-state index contributed by atoms with van der Waals surface area (Å²) >= 11 is 0. The number of carbonyl (C=O) groups excluding carboxylic acids is 1. The van der Waals surface area contributed by atoms with Crippen LogP contribution < -0.4 is 15.1 Å². The maximum Gasteiger partial charge on any atom is 0.246 e. The molecule has 3 rings (SSSR count). The summed E-state index contributed by atoms with van der Waals surface area (Å²) in [6.45, 7) is 7.56. The minimum Gasteiger partial charge on any atom is -0.376 e. The lowest BCUT2D eigenvalue weighted by Gasteiger charge is -2.32. The predicted molar refractivity (Wildman–Crippen MR) is 110 cm³/mol. The lowest BCUT2D eigenvalue weighted by atomic mass is 9.99. The zero-order valence-electron chi connectivity index (χ0n) is 15.8. The molecule has 0 radical (unpaired) electrons. The number of para-hydroxylation sites is 1. The third kappa shape index (κ3) is 4.57. The van der Waals surface area contributed by atoms with Crippen molar-refractivity contribution in [3.63, 3.8) is 0 Å². The number of hydrogen-bond acceptors (Lipinski definition) is 3. The fourth-order valence-electron chi connectivity index (χ4n) is 3.44. The molecule has 0 atom stereocenters. The first-order valence-corrected chi connectivity index (χ1v) is 9.61. The highest BCUT2D eigenvalue weighted by Crippen LogP contribution is 2.24. The standard InChI is InChI=1S/C22H29N3O/c1-3-25(21-7-5-4-6-8-21)22(26)17-23-19-9-11-20(12-10-19)24-15-13-18(2)14-16-24/h4-12,18,23H,3,13-17H2,1-2H3. The topological polar surface area (TPSA) is 35.6 Å². The first-order chi connectivity index (χ1) is 12.7. The molecular formula is C22H29N3O. The van der Waals surface area contributed by atoms with Crippen LogP contribution in [0.3, 0.4) is 0 Å². The van der Waals surface area contributed by atoms with Crippen molar-refractivity contribution < 1.29 is 4.79 Å². The van der Waals surface area contributed by atoms with Crippen LogP contribution in [0, 0.1) is 5.92 Å². The van der Waals surface area contributed by atoms with Crippen LogP contribution in [0.2, 0.25) is 0 Å². The Morgan fingerprint density at radius 1 is 1.08 bits per heavy atom. The Kier molecular flexibility index (Phi) is 6.16. The lowest BCUT2D eigenvalue weighted by Crippen LogP contribution is -2.35. The number of rotatable bonds is 6. The van der Waals surface area contributed by atoms with Crippen molar-refractivity contribution in [2.24, 2.45) is 5.92 Å². The van der Waals surface area contributed by atoms with Gasteiger partial charge >= 0.3 is 0 Å². The Hall–Kier alpha value is -2.49. The molecule has 4 nitrogen and oxygen atoms in total. The number of carbonyl (C=O) groups is 1. The molecule has 1 fully saturated rings. The van der Waals surface area contributed by atoms with Crippen LogP contribution in [0.4, 0.5) is 17.1 Å². The van der Waals surface area contributed by atoms with E-state index in [4.69, 9.17) is 0 Å². The first kappa shape index (κ1) is 18.3. The van der Waals surface area contributed by atoms with Crippen LogP contribution in [0.1, 0.15) is 26.7 Å². The van der Waals surface area contributed by atoms with Gasteiger partial charge in [0.2, 0.25) is 5.91 Å². The largest absolute Gasteiger partial charge is 0.376 e. The SMILES string of the molecule is CCN(C(=O)CNc1ccc(N2CCC(C)CC2)cc1)c1ccccc1. The Bertz CT molecular complexity index is 691. The third-order valence-corrected chi connectivity index (χ3v) is 5.14. The molecule has 4 heteroatoms. The molecule has 138 valence electrons. The fourth-order valence-corrected chi connectivity index (χ4v) is 3.44. The van der Waals surface area contributed by atoms with Gasteiger partial charge in [0.1, 0.15) is 0 Å². The van der Waals surface area contributed by atoms with E-state index in [0.717, 1.165) is 30.4 Å². The molecule has 0 spiro atoms. The van der Waals surface area contributed by atoms with Crippen molar-refractivity contribution in [3.8, 4) is 0 Å². The molecule has 26 heavy (non-hydrogen) atoms. The quantitative estimate of drug-likeness (QED) is 0.838. The third-order valence-electron chi connectivity index (χ3n) is 5.14. The minimum atomic E-state index is 0.0767. The molecule has 2 aromatic carbocycles. The van der Waals surface area contributed by atoms with Crippen molar-refractivity contribution >= 4 is 23.0 Å². The van der Waals surface area contributed by atoms with Gasteiger partial charge in [-0.15, -0.1) is 0 Å². The van der Waals surface area contributed by atoms with E-state index >= 15 is 0 Å². The van der Waals surface area contributed by atoms with Crippen molar-refractivity contribution in [3.05, 3.63) is 54.6 Å². The Labute approximate surface area is 156 Å². The highest BCUT2D eigenvalue weighted by atomic mass is 16.2. The normalized spacial score (nSPS) is 14.9. The molecular weight excluding hydrogens is 322 g/mol. The van der Waals surface area contributed by atoms with Gasteiger partial charge in [-0.1, -0.05) is 25.1 Å².